The second kappa shape index (κ2) is 7.59. The number of amides is 1. The fourth-order valence-electron chi connectivity index (χ4n) is 4.04. The monoisotopic (exact) mass is 379 g/mol. The van der Waals surface area contributed by atoms with E-state index in [9.17, 15) is 9.59 Å². The number of rotatable bonds is 4. The van der Waals surface area contributed by atoms with Crippen molar-refractivity contribution in [2.75, 3.05) is 7.05 Å². The van der Waals surface area contributed by atoms with Crippen molar-refractivity contribution in [1.82, 2.24) is 19.4 Å². The fourth-order valence-corrected chi connectivity index (χ4v) is 4.04. The van der Waals surface area contributed by atoms with Gasteiger partial charge in [0.2, 0.25) is 0 Å². The van der Waals surface area contributed by atoms with Crippen molar-refractivity contribution < 1.29 is 4.79 Å². The number of imidazole rings is 1. The van der Waals surface area contributed by atoms with Crippen LogP contribution in [0.5, 0.6) is 0 Å². The second-order valence-corrected chi connectivity index (χ2v) is 7.48. The van der Waals surface area contributed by atoms with Gasteiger partial charge in [0.1, 0.15) is 5.69 Å². The Morgan fingerprint density at radius 2 is 1.86 bits per heavy atom. The Hall–Kier alpha value is -2.93. The molecule has 1 saturated carbocycles. The summed E-state index contributed by atoms with van der Waals surface area (Å²) < 4.78 is 3.54. The summed E-state index contributed by atoms with van der Waals surface area (Å²) in [5, 5.41) is 2.55. The molecular weight excluding hydrogens is 354 g/mol. The van der Waals surface area contributed by atoms with Crippen LogP contribution in [0.25, 0.3) is 16.7 Å². The van der Waals surface area contributed by atoms with Gasteiger partial charge in [-0.2, -0.15) is 0 Å². The van der Waals surface area contributed by atoms with Crippen molar-refractivity contribution in [2.24, 2.45) is 11.7 Å². The first-order valence-corrected chi connectivity index (χ1v) is 9.73. The highest BCUT2D eigenvalue weighted by atomic mass is 16.2. The number of pyridine rings is 1. The van der Waals surface area contributed by atoms with Gasteiger partial charge in [0.05, 0.1) is 22.9 Å². The van der Waals surface area contributed by atoms with Gasteiger partial charge >= 0.3 is 5.69 Å². The van der Waals surface area contributed by atoms with Gasteiger partial charge in [0.15, 0.2) is 0 Å². The van der Waals surface area contributed by atoms with Crippen LogP contribution in [0.3, 0.4) is 0 Å². The third-order valence-corrected chi connectivity index (χ3v) is 5.63. The SMILES string of the molecule is CNC(=O)c1ccc(-n2c(=O)n(CC3CCC(N)CC3)c3ccccc32)cn1. The lowest BCUT2D eigenvalue weighted by atomic mass is 9.86. The minimum Gasteiger partial charge on any atom is -0.354 e. The van der Waals surface area contributed by atoms with Crippen molar-refractivity contribution >= 4 is 16.9 Å². The first-order chi connectivity index (χ1) is 13.6. The molecule has 28 heavy (non-hydrogen) atoms. The van der Waals surface area contributed by atoms with E-state index in [0.29, 0.717) is 29.9 Å². The van der Waals surface area contributed by atoms with Crippen LogP contribution < -0.4 is 16.7 Å². The number of nitrogens with zero attached hydrogens (tertiary/aromatic N) is 3. The van der Waals surface area contributed by atoms with E-state index in [1.54, 1.807) is 29.9 Å². The van der Waals surface area contributed by atoms with Crippen LogP contribution in [-0.4, -0.2) is 33.1 Å². The normalized spacial score (nSPS) is 19.6. The van der Waals surface area contributed by atoms with Gasteiger partial charge in [-0.1, -0.05) is 12.1 Å². The molecule has 4 rings (SSSR count). The number of nitrogens with two attached hydrogens (primary N) is 1. The van der Waals surface area contributed by atoms with Gasteiger partial charge in [-0.05, 0) is 55.9 Å². The topological polar surface area (TPSA) is 94.9 Å². The Kier molecular flexibility index (Phi) is 5.00. The number of hydrogen-bond donors (Lipinski definition) is 2. The van der Waals surface area contributed by atoms with Gasteiger partial charge in [-0.15, -0.1) is 0 Å². The third-order valence-electron chi connectivity index (χ3n) is 5.63. The summed E-state index contributed by atoms with van der Waals surface area (Å²) in [6.07, 6.45) is 5.71. The Bertz CT molecular complexity index is 1040. The molecular formula is C21H25N5O2. The Balaban J connectivity index is 1.74. The predicted octanol–water partition coefficient (Wildman–Crippen LogP) is 2.06. The largest absolute Gasteiger partial charge is 0.354 e. The summed E-state index contributed by atoms with van der Waals surface area (Å²) in [5.41, 5.74) is 8.68. The molecule has 2 heterocycles. The molecule has 146 valence electrons. The number of nitrogens with one attached hydrogen (secondary N) is 1. The zero-order valence-corrected chi connectivity index (χ0v) is 16.0. The molecule has 7 heteroatoms. The zero-order valence-electron chi connectivity index (χ0n) is 16.0. The first-order valence-electron chi connectivity index (χ1n) is 9.73. The van der Waals surface area contributed by atoms with Crippen LogP contribution >= 0.6 is 0 Å². The predicted molar refractivity (Wildman–Crippen MR) is 109 cm³/mol. The maximum atomic E-state index is 13.3. The van der Waals surface area contributed by atoms with Gasteiger partial charge in [0.25, 0.3) is 5.91 Å². The molecule has 0 radical (unpaired) electrons. The lowest BCUT2D eigenvalue weighted by Crippen LogP contribution is -2.31. The molecule has 0 saturated heterocycles. The molecule has 3 N–H and O–H groups in total. The van der Waals surface area contributed by atoms with E-state index in [2.05, 4.69) is 10.3 Å². The summed E-state index contributed by atoms with van der Waals surface area (Å²) >= 11 is 0. The standard InChI is InChI=1S/C21H25N5O2/c1-23-20(27)17-11-10-16(12-24-17)26-19-5-3-2-4-18(19)25(21(26)28)13-14-6-8-15(22)9-7-14/h2-5,10-12,14-15H,6-9,13,22H2,1H3,(H,23,27). The molecule has 0 unspecified atom stereocenters. The maximum absolute atomic E-state index is 13.3. The van der Waals surface area contributed by atoms with E-state index in [1.165, 1.54) is 0 Å². The highest BCUT2D eigenvalue weighted by molar-refractivity contribution is 5.92. The lowest BCUT2D eigenvalue weighted by Gasteiger charge is -2.26. The van der Waals surface area contributed by atoms with Gasteiger partial charge in [0, 0.05) is 19.6 Å². The van der Waals surface area contributed by atoms with E-state index < -0.39 is 0 Å². The molecule has 0 aliphatic heterocycles. The average molecular weight is 379 g/mol. The number of fused-ring (bicyclic) bond motifs is 1. The van der Waals surface area contributed by atoms with E-state index in [-0.39, 0.29) is 11.6 Å². The smallest absolute Gasteiger partial charge is 0.333 e. The number of benzene rings is 1. The zero-order chi connectivity index (χ0) is 19.7. The highest BCUT2D eigenvalue weighted by Crippen LogP contribution is 2.26. The molecule has 3 aromatic rings. The molecule has 7 nitrogen and oxygen atoms in total. The third kappa shape index (κ3) is 3.33. The van der Waals surface area contributed by atoms with E-state index in [4.69, 9.17) is 5.73 Å². The van der Waals surface area contributed by atoms with Crippen LogP contribution in [0.1, 0.15) is 36.2 Å². The molecule has 1 amide bonds. The van der Waals surface area contributed by atoms with E-state index in [0.717, 1.165) is 36.7 Å². The van der Waals surface area contributed by atoms with Crippen LogP contribution in [0.15, 0.2) is 47.4 Å². The van der Waals surface area contributed by atoms with Crippen LogP contribution in [-0.2, 0) is 6.54 Å². The molecule has 1 fully saturated rings. The quantitative estimate of drug-likeness (QED) is 0.725. The maximum Gasteiger partial charge on any atom is 0.333 e. The summed E-state index contributed by atoms with van der Waals surface area (Å²) in [6.45, 7) is 0.697. The number of para-hydroxylation sites is 2. The lowest BCUT2D eigenvalue weighted by molar-refractivity contribution is 0.0958. The summed E-state index contributed by atoms with van der Waals surface area (Å²) in [5.74, 6) is 0.210. The Morgan fingerprint density at radius 3 is 2.50 bits per heavy atom. The van der Waals surface area contributed by atoms with Crippen molar-refractivity contribution in [1.29, 1.82) is 0 Å². The van der Waals surface area contributed by atoms with E-state index in [1.807, 2.05) is 28.8 Å². The number of aromatic nitrogens is 3. The van der Waals surface area contributed by atoms with E-state index >= 15 is 0 Å². The number of carbonyl (C=O) groups is 1. The molecule has 0 bridgehead atoms. The van der Waals surface area contributed by atoms with Gasteiger partial charge < -0.3 is 11.1 Å². The van der Waals surface area contributed by atoms with Crippen LogP contribution in [0, 0.1) is 5.92 Å². The Labute approximate surface area is 163 Å². The van der Waals surface area contributed by atoms with Crippen LogP contribution in [0.4, 0.5) is 0 Å². The number of carbonyl (C=O) groups excluding carboxylic acids is 1. The summed E-state index contributed by atoms with van der Waals surface area (Å²) in [4.78, 5) is 29.2. The average Bonchev–Trinajstić information content (AvgIpc) is 3.01. The van der Waals surface area contributed by atoms with Crippen molar-refractivity contribution in [3.8, 4) is 5.69 Å². The minimum absolute atomic E-state index is 0.0782. The summed E-state index contributed by atoms with van der Waals surface area (Å²) in [7, 11) is 1.56. The molecule has 1 aliphatic carbocycles. The molecule has 0 spiro atoms. The summed E-state index contributed by atoms with van der Waals surface area (Å²) in [6, 6.07) is 11.5. The minimum atomic E-state index is -0.253. The van der Waals surface area contributed by atoms with Gasteiger partial charge in [-0.25, -0.2) is 9.78 Å². The second-order valence-electron chi connectivity index (χ2n) is 7.48. The van der Waals surface area contributed by atoms with Crippen molar-refractivity contribution in [3.63, 3.8) is 0 Å². The molecule has 0 atom stereocenters. The number of hydrogen-bond acceptors (Lipinski definition) is 4. The molecule has 1 aromatic carbocycles. The van der Waals surface area contributed by atoms with Crippen molar-refractivity contribution in [2.45, 2.75) is 38.3 Å². The van der Waals surface area contributed by atoms with Crippen LogP contribution in [0.2, 0.25) is 0 Å². The van der Waals surface area contributed by atoms with Crippen molar-refractivity contribution in [3.05, 3.63) is 58.8 Å². The fraction of sp³-hybridized carbons (Fsp3) is 0.381. The first kappa shape index (κ1) is 18.4. The molecule has 2 aromatic heterocycles. The van der Waals surface area contributed by atoms with Gasteiger partial charge in [-0.3, -0.25) is 13.9 Å². The highest BCUT2D eigenvalue weighted by Gasteiger charge is 2.22. The molecule has 1 aliphatic rings. The Morgan fingerprint density at radius 1 is 1.14 bits per heavy atom.